The van der Waals surface area contributed by atoms with Gasteiger partial charge in [-0.2, -0.15) is 0 Å². The molecule has 2 unspecified atom stereocenters. The van der Waals surface area contributed by atoms with Gasteiger partial charge < -0.3 is 4.52 Å². The summed E-state index contributed by atoms with van der Waals surface area (Å²) in [5.74, 6) is 0. The summed E-state index contributed by atoms with van der Waals surface area (Å²) in [6, 6.07) is 0. The average molecular weight is 146 g/mol. The normalized spacial score (nSPS) is 31.7. The van der Waals surface area contributed by atoms with Gasteiger partial charge in [0.15, 0.2) is 0 Å². The first-order valence-electron chi connectivity index (χ1n) is 3.48. The molecule has 1 fully saturated rings. The second-order valence-corrected chi connectivity index (χ2v) is 4.89. The van der Waals surface area contributed by atoms with E-state index < -0.39 is 0 Å². The van der Waals surface area contributed by atoms with Crippen molar-refractivity contribution in [2.75, 3.05) is 6.61 Å². The van der Waals surface area contributed by atoms with E-state index in [1.165, 1.54) is 6.42 Å². The maximum atomic E-state index is 5.31. The van der Waals surface area contributed by atoms with Crippen molar-refractivity contribution in [2.45, 2.75) is 32.9 Å². The molecule has 2 atom stereocenters. The van der Waals surface area contributed by atoms with E-state index in [1.54, 1.807) is 0 Å². The van der Waals surface area contributed by atoms with Gasteiger partial charge in [0.25, 0.3) is 0 Å². The molecule has 0 radical (unpaired) electrons. The van der Waals surface area contributed by atoms with Crippen molar-refractivity contribution in [3.8, 4) is 0 Å². The van der Waals surface area contributed by atoms with E-state index in [0.29, 0.717) is 5.41 Å². The van der Waals surface area contributed by atoms with Crippen LogP contribution in [0, 0.1) is 5.41 Å². The van der Waals surface area contributed by atoms with E-state index in [4.69, 9.17) is 4.52 Å². The minimum atomic E-state index is 0.467. The molecule has 1 aliphatic rings. The summed E-state index contributed by atoms with van der Waals surface area (Å²) in [7, 11) is 0.751. The molecule has 2 heteroatoms. The van der Waals surface area contributed by atoms with Gasteiger partial charge in [-0.15, -0.1) is 0 Å². The number of hydrogen-bond donors (Lipinski definition) is 0. The van der Waals surface area contributed by atoms with Crippen LogP contribution < -0.4 is 0 Å². The molecule has 1 nitrogen and oxygen atoms in total. The molecule has 9 heavy (non-hydrogen) atoms. The average Bonchev–Trinajstić information content (AvgIpc) is 2.08. The molecule has 0 aliphatic carbocycles. The molecule has 0 amide bonds. The first-order valence-corrected chi connectivity index (χ1v) is 4.46. The van der Waals surface area contributed by atoms with E-state index in [9.17, 15) is 0 Å². The molecule has 0 N–H and O–H groups in total. The summed E-state index contributed by atoms with van der Waals surface area (Å²) in [4.78, 5) is 0. The van der Waals surface area contributed by atoms with Gasteiger partial charge in [0.05, 0.1) is 6.61 Å². The van der Waals surface area contributed by atoms with Gasteiger partial charge in [0.1, 0.15) is 0 Å². The largest absolute Gasteiger partial charge is 0.362 e. The van der Waals surface area contributed by atoms with Crippen LogP contribution in [-0.2, 0) is 4.52 Å². The van der Waals surface area contributed by atoms with Crippen LogP contribution in [0.2, 0.25) is 0 Å². The Morgan fingerprint density at radius 1 is 1.44 bits per heavy atom. The maximum absolute atomic E-state index is 5.31. The van der Waals surface area contributed by atoms with Gasteiger partial charge in [-0.1, -0.05) is 20.8 Å². The molecular formula is C7H15OP. The van der Waals surface area contributed by atoms with Crippen LogP contribution in [0.4, 0.5) is 0 Å². The maximum Gasteiger partial charge on any atom is 0.0512 e. The molecule has 0 aromatic heterocycles. The highest BCUT2D eigenvalue weighted by Crippen LogP contribution is 2.42. The van der Waals surface area contributed by atoms with Crippen molar-refractivity contribution in [1.29, 1.82) is 0 Å². The van der Waals surface area contributed by atoms with Crippen molar-refractivity contribution in [3.05, 3.63) is 0 Å². The lowest BCUT2D eigenvalue weighted by Gasteiger charge is -2.24. The number of rotatable bonds is 0. The SMILES string of the molecule is CC(C)(C)C1CCOP1. The van der Waals surface area contributed by atoms with Gasteiger partial charge in [-0.25, -0.2) is 0 Å². The molecular weight excluding hydrogens is 131 g/mol. The zero-order chi connectivity index (χ0) is 6.91. The Labute approximate surface area is 59.0 Å². The summed E-state index contributed by atoms with van der Waals surface area (Å²) in [5, 5.41) is 0. The van der Waals surface area contributed by atoms with Crippen molar-refractivity contribution in [3.63, 3.8) is 0 Å². The summed E-state index contributed by atoms with van der Waals surface area (Å²) in [6.07, 6.45) is 1.27. The first kappa shape index (κ1) is 7.50. The van der Waals surface area contributed by atoms with Crippen molar-refractivity contribution >= 4 is 8.81 Å². The topological polar surface area (TPSA) is 9.23 Å². The molecule has 0 saturated carbocycles. The molecule has 0 aromatic carbocycles. The summed E-state index contributed by atoms with van der Waals surface area (Å²) in [5.41, 5.74) is 1.28. The van der Waals surface area contributed by atoms with Gasteiger partial charge in [0.2, 0.25) is 0 Å². The minimum absolute atomic E-state index is 0.467. The Hall–Kier alpha value is 0.390. The van der Waals surface area contributed by atoms with Crippen LogP contribution >= 0.6 is 8.81 Å². The third-order valence-electron chi connectivity index (χ3n) is 1.78. The van der Waals surface area contributed by atoms with Crippen LogP contribution in [0.25, 0.3) is 0 Å². The Kier molecular flexibility index (Phi) is 2.13. The number of hydrogen-bond acceptors (Lipinski definition) is 1. The summed E-state index contributed by atoms with van der Waals surface area (Å²) in [6.45, 7) is 7.86. The van der Waals surface area contributed by atoms with Crippen LogP contribution in [0.5, 0.6) is 0 Å². The third-order valence-corrected chi connectivity index (χ3v) is 3.59. The van der Waals surface area contributed by atoms with Gasteiger partial charge in [-0.05, 0) is 11.8 Å². The zero-order valence-corrected chi connectivity index (χ0v) is 7.40. The smallest absolute Gasteiger partial charge is 0.0512 e. The van der Waals surface area contributed by atoms with E-state index in [-0.39, 0.29) is 0 Å². The Balaban J connectivity index is 2.42. The second-order valence-electron chi connectivity index (χ2n) is 3.67. The quantitative estimate of drug-likeness (QED) is 0.477. The molecule has 1 rings (SSSR count). The predicted molar refractivity (Wildman–Crippen MR) is 42.1 cm³/mol. The van der Waals surface area contributed by atoms with Crippen LogP contribution in [0.15, 0.2) is 0 Å². The van der Waals surface area contributed by atoms with Crippen molar-refractivity contribution in [1.82, 2.24) is 0 Å². The van der Waals surface area contributed by atoms with E-state index in [0.717, 1.165) is 21.1 Å². The van der Waals surface area contributed by atoms with Crippen molar-refractivity contribution in [2.24, 2.45) is 5.41 Å². The summed E-state index contributed by atoms with van der Waals surface area (Å²) >= 11 is 0. The monoisotopic (exact) mass is 146 g/mol. The highest BCUT2D eigenvalue weighted by atomic mass is 31.1. The lowest BCUT2D eigenvalue weighted by atomic mass is 9.90. The molecule has 54 valence electrons. The van der Waals surface area contributed by atoms with Crippen LogP contribution in [0.1, 0.15) is 27.2 Å². The first-order chi connectivity index (χ1) is 4.11. The van der Waals surface area contributed by atoms with Crippen LogP contribution in [-0.4, -0.2) is 12.3 Å². The minimum Gasteiger partial charge on any atom is -0.362 e. The molecule has 1 saturated heterocycles. The lowest BCUT2D eigenvalue weighted by Crippen LogP contribution is -2.19. The zero-order valence-electron chi connectivity index (χ0n) is 6.40. The van der Waals surface area contributed by atoms with Crippen molar-refractivity contribution < 1.29 is 4.52 Å². The van der Waals surface area contributed by atoms with Crippen LogP contribution in [0.3, 0.4) is 0 Å². The van der Waals surface area contributed by atoms with E-state index in [1.807, 2.05) is 0 Å². The lowest BCUT2D eigenvalue weighted by molar-refractivity contribution is 0.361. The fourth-order valence-electron chi connectivity index (χ4n) is 1.01. The van der Waals surface area contributed by atoms with E-state index in [2.05, 4.69) is 20.8 Å². The third kappa shape index (κ3) is 1.91. The fraction of sp³-hybridized carbons (Fsp3) is 1.00. The van der Waals surface area contributed by atoms with E-state index >= 15 is 0 Å². The van der Waals surface area contributed by atoms with Gasteiger partial charge in [0, 0.05) is 14.5 Å². The van der Waals surface area contributed by atoms with Gasteiger partial charge in [-0.3, -0.25) is 0 Å². The molecule has 0 aromatic rings. The molecule has 1 aliphatic heterocycles. The summed E-state index contributed by atoms with van der Waals surface area (Å²) < 4.78 is 5.31. The highest BCUT2D eigenvalue weighted by Gasteiger charge is 2.28. The fourth-order valence-corrected chi connectivity index (χ4v) is 2.03. The Morgan fingerprint density at radius 2 is 2.11 bits per heavy atom. The van der Waals surface area contributed by atoms with Gasteiger partial charge >= 0.3 is 0 Å². The standard InChI is InChI=1S/C7H15OP/c1-7(2,3)6-4-5-8-9-6/h6,9H,4-5H2,1-3H3. The molecule has 0 bridgehead atoms. The Morgan fingerprint density at radius 3 is 2.33 bits per heavy atom. The Bertz CT molecular complexity index is 89.6. The second kappa shape index (κ2) is 2.56. The predicted octanol–water partition coefficient (Wildman–Crippen LogP) is 2.41. The molecule has 1 heterocycles. The molecule has 0 spiro atoms. The highest BCUT2D eigenvalue weighted by molar-refractivity contribution is 7.33.